The molecule has 1 atom stereocenters. The molecule has 0 aliphatic heterocycles. The van der Waals surface area contributed by atoms with E-state index in [0.29, 0.717) is 37.5 Å². The molecule has 7 nitrogen and oxygen atoms in total. The predicted molar refractivity (Wildman–Crippen MR) is 146 cm³/mol. The largest absolute Gasteiger partial charge is 0.354 e. The lowest BCUT2D eigenvalue weighted by atomic mass is 10.1. The molecular formula is C28H41N3O4S. The maximum Gasteiger partial charge on any atom is 0.242 e. The number of carbonyl (C=O) groups is 2. The van der Waals surface area contributed by atoms with E-state index in [9.17, 15) is 18.0 Å². The molecule has 0 saturated carbocycles. The Labute approximate surface area is 216 Å². The van der Waals surface area contributed by atoms with E-state index < -0.39 is 16.1 Å². The molecular weight excluding hydrogens is 474 g/mol. The average molecular weight is 516 g/mol. The molecule has 0 heterocycles. The van der Waals surface area contributed by atoms with Crippen LogP contribution in [-0.4, -0.2) is 50.5 Å². The number of nitrogens with zero attached hydrogens (tertiary/aromatic N) is 2. The van der Waals surface area contributed by atoms with Gasteiger partial charge in [0.2, 0.25) is 21.8 Å². The molecule has 198 valence electrons. The lowest BCUT2D eigenvalue weighted by Gasteiger charge is -2.31. The monoisotopic (exact) mass is 515 g/mol. The fourth-order valence-electron chi connectivity index (χ4n) is 4.22. The third-order valence-corrected chi connectivity index (χ3v) is 7.11. The fraction of sp³-hybridized carbons (Fsp3) is 0.500. The first-order chi connectivity index (χ1) is 16.9. The molecule has 1 N–H and O–H groups in total. The summed E-state index contributed by atoms with van der Waals surface area (Å²) in [6.07, 6.45) is 2.15. The first-order valence-electron chi connectivity index (χ1n) is 12.6. The number of hydrogen-bond acceptors (Lipinski definition) is 4. The molecule has 0 unspecified atom stereocenters. The average Bonchev–Trinajstić information content (AvgIpc) is 2.79. The first-order valence-corrected chi connectivity index (χ1v) is 14.4. The molecule has 0 spiro atoms. The molecule has 0 aliphatic carbocycles. The maximum atomic E-state index is 13.4. The molecule has 2 aromatic rings. The van der Waals surface area contributed by atoms with Gasteiger partial charge in [0.1, 0.15) is 6.04 Å². The van der Waals surface area contributed by atoms with E-state index >= 15 is 0 Å². The van der Waals surface area contributed by atoms with E-state index in [1.165, 1.54) is 10.6 Å². The molecule has 0 aliphatic rings. The highest BCUT2D eigenvalue weighted by Gasteiger charge is 2.29. The summed E-state index contributed by atoms with van der Waals surface area (Å²) in [4.78, 5) is 28.1. The Hall–Kier alpha value is -2.87. The van der Waals surface area contributed by atoms with Crippen molar-refractivity contribution in [2.45, 2.75) is 66.5 Å². The van der Waals surface area contributed by atoms with Crippen LogP contribution in [-0.2, 0) is 26.2 Å². The lowest BCUT2D eigenvalue weighted by molar-refractivity contribution is -0.141. The van der Waals surface area contributed by atoms with E-state index in [4.69, 9.17) is 0 Å². The zero-order chi connectivity index (χ0) is 26.9. The van der Waals surface area contributed by atoms with Crippen LogP contribution in [0.25, 0.3) is 0 Å². The van der Waals surface area contributed by atoms with Crippen molar-refractivity contribution in [3.8, 4) is 0 Å². The van der Waals surface area contributed by atoms with Gasteiger partial charge in [-0.3, -0.25) is 13.9 Å². The first kappa shape index (κ1) is 29.4. The number of carbonyl (C=O) groups excluding carboxylic acids is 2. The number of benzene rings is 2. The van der Waals surface area contributed by atoms with Crippen LogP contribution in [0, 0.1) is 19.8 Å². The predicted octanol–water partition coefficient (Wildman–Crippen LogP) is 4.43. The van der Waals surface area contributed by atoms with Crippen molar-refractivity contribution in [3.63, 3.8) is 0 Å². The van der Waals surface area contributed by atoms with E-state index in [1.54, 1.807) is 4.90 Å². The fourth-order valence-corrected chi connectivity index (χ4v) is 5.17. The normalized spacial score (nSPS) is 12.3. The van der Waals surface area contributed by atoms with Crippen molar-refractivity contribution in [1.82, 2.24) is 10.2 Å². The Balaban J connectivity index is 2.20. The third kappa shape index (κ3) is 8.97. The summed E-state index contributed by atoms with van der Waals surface area (Å²) in [5.41, 5.74) is 3.49. The van der Waals surface area contributed by atoms with Gasteiger partial charge in [0.05, 0.1) is 11.9 Å². The number of aryl methyl sites for hydroxylation is 2. The Morgan fingerprint density at radius 1 is 1.00 bits per heavy atom. The van der Waals surface area contributed by atoms with Gasteiger partial charge in [-0.05, 0) is 61.4 Å². The molecule has 36 heavy (non-hydrogen) atoms. The van der Waals surface area contributed by atoms with Gasteiger partial charge in [0, 0.05) is 26.1 Å². The Morgan fingerprint density at radius 2 is 1.61 bits per heavy atom. The molecule has 2 rings (SSSR count). The summed E-state index contributed by atoms with van der Waals surface area (Å²) >= 11 is 0. The van der Waals surface area contributed by atoms with Gasteiger partial charge in [0.15, 0.2) is 0 Å². The number of nitrogens with one attached hydrogen (secondary N) is 1. The highest BCUT2D eigenvalue weighted by molar-refractivity contribution is 7.92. The van der Waals surface area contributed by atoms with Crippen LogP contribution in [0.2, 0.25) is 0 Å². The minimum absolute atomic E-state index is 0.137. The van der Waals surface area contributed by atoms with Crippen LogP contribution in [0.1, 0.15) is 56.7 Å². The second-order valence-electron chi connectivity index (χ2n) is 9.85. The lowest BCUT2D eigenvalue weighted by Crippen LogP contribution is -2.49. The maximum absolute atomic E-state index is 13.4. The van der Waals surface area contributed by atoms with Crippen LogP contribution in [0.5, 0.6) is 0 Å². The van der Waals surface area contributed by atoms with Gasteiger partial charge in [-0.1, -0.05) is 57.2 Å². The van der Waals surface area contributed by atoms with Crippen molar-refractivity contribution < 1.29 is 18.0 Å². The van der Waals surface area contributed by atoms with E-state index in [0.717, 1.165) is 16.7 Å². The van der Waals surface area contributed by atoms with Crippen molar-refractivity contribution >= 4 is 27.5 Å². The van der Waals surface area contributed by atoms with Gasteiger partial charge >= 0.3 is 0 Å². The summed E-state index contributed by atoms with van der Waals surface area (Å²) in [5, 5.41) is 2.96. The van der Waals surface area contributed by atoms with E-state index in [1.807, 2.05) is 83.1 Å². The van der Waals surface area contributed by atoms with Crippen LogP contribution in [0.3, 0.4) is 0 Å². The Kier molecular flexibility index (Phi) is 11.0. The molecule has 0 fully saturated rings. The number of anilines is 1. The standard InChI is InChI=1S/C28H41N3O4S/c1-7-26(28(33)29-19-21(2)3)30(20-24-12-9-8-10-13-24)27(32)14-11-15-31(36(6,34)35)25-17-22(4)16-23(5)18-25/h8-10,12-13,16-18,21,26H,7,11,14-15,19-20H2,1-6H3,(H,29,33)/t26-/m1/s1. The van der Waals surface area contributed by atoms with Crippen LogP contribution in [0.15, 0.2) is 48.5 Å². The van der Waals surface area contributed by atoms with Crippen molar-refractivity contribution in [1.29, 1.82) is 0 Å². The number of amides is 2. The highest BCUT2D eigenvalue weighted by Crippen LogP contribution is 2.22. The van der Waals surface area contributed by atoms with Crippen LogP contribution < -0.4 is 9.62 Å². The number of hydrogen-bond donors (Lipinski definition) is 1. The van der Waals surface area contributed by atoms with E-state index in [2.05, 4.69) is 5.32 Å². The smallest absolute Gasteiger partial charge is 0.242 e. The summed E-state index contributed by atoms with van der Waals surface area (Å²) in [6.45, 7) is 10.9. The number of sulfonamides is 1. The summed E-state index contributed by atoms with van der Waals surface area (Å²) in [6, 6.07) is 14.7. The van der Waals surface area contributed by atoms with Crippen LogP contribution in [0.4, 0.5) is 5.69 Å². The van der Waals surface area contributed by atoms with Gasteiger partial charge in [-0.2, -0.15) is 0 Å². The van der Waals surface area contributed by atoms with Crippen molar-refractivity contribution in [2.24, 2.45) is 5.92 Å². The van der Waals surface area contributed by atoms with Crippen molar-refractivity contribution in [2.75, 3.05) is 23.7 Å². The molecule has 0 bridgehead atoms. The number of rotatable bonds is 13. The zero-order valence-corrected chi connectivity index (χ0v) is 23.3. The Bertz CT molecular complexity index is 1100. The third-order valence-electron chi connectivity index (χ3n) is 5.91. The van der Waals surface area contributed by atoms with Gasteiger partial charge in [-0.15, -0.1) is 0 Å². The second kappa shape index (κ2) is 13.4. The topological polar surface area (TPSA) is 86.8 Å². The summed E-state index contributed by atoms with van der Waals surface area (Å²) in [7, 11) is -3.52. The molecule has 2 aromatic carbocycles. The molecule has 8 heteroatoms. The quantitative estimate of drug-likeness (QED) is 0.428. The Morgan fingerprint density at radius 3 is 2.14 bits per heavy atom. The van der Waals surface area contributed by atoms with Crippen LogP contribution >= 0.6 is 0 Å². The highest BCUT2D eigenvalue weighted by atomic mass is 32.2. The van der Waals surface area contributed by atoms with Crippen molar-refractivity contribution in [3.05, 3.63) is 65.2 Å². The van der Waals surface area contributed by atoms with Gasteiger partial charge in [-0.25, -0.2) is 8.42 Å². The minimum Gasteiger partial charge on any atom is -0.354 e. The second-order valence-corrected chi connectivity index (χ2v) is 11.8. The SMILES string of the molecule is CC[C@H](C(=O)NCC(C)C)N(Cc1ccccc1)C(=O)CCCN(c1cc(C)cc(C)c1)S(C)(=O)=O. The zero-order valence-electron chi connectivity index (χ0n) is 22.5. The molecule has 0 radical (unpaired) electrons. The summed E-state index contributed by atoms with van der Waals surface area (Å²) < 4.78 is 26.5. The molecule has 0 saturated heterocycles. The van der Waals surface area contributed by atoms with Gasteiger partial charge in [0.25, 0.3) is 0 Å². The summed E-state index contributed by atoms with van der Waals surface area (Å²) in [5.74, 6) is -0.0280. The molecule has 2 amide bonds. The van der Waals surface area contributed by atoms with Gasteiger partial charge < -0.3 is 10.2 Å². The minimum atomic E-state index is -3.52. The molecule has 0 aromatic heterocycles. The van der Waals surface area contributed by atoms with E-state index in [-0.39, 0.29) is 24.8 Å².